The van der Waals surface area contributed by atoms with Gasteiger partial charge in [0.25, 0.3) is 0 Å². The molecule has 2 aliphatic carbocycles. The average Bonchev–Trinajstić information content (AvgIpc) is 2.98. The molecule has 5 rings (SSSR count). The lowest BCUT2D eigenvalue weighted by Crippen LogP contribution is -2.30. The standard InChI is InChI=1S/C23H21NS/c1-22(2)17-11-13-23(3,24)12-10-16(17)20-18(22)9-8-15-14-6-4-5-7-19(14)25-21(15)20/h4-13H,24H2,1-3H3. The van der Waals surface area contributed by atoms with Crippen molar-refractivity contribution >= 4 is 37.1 Å². The molecule has 0 saturated heterocycles. The van der Waals surface area contributed by atoms with E-state index in [0.29, 0.717) is 0 Å². The van der Waals surface area contributed by atoms with E-state index in [4.69, 9.17) is 5.73 Å². The number of fused-ring (bicyclic) bond motifs is 6. The Kier molecular flexibility index (Phi) is 2.85. The van der Waals surface area contributed by atoms with Crippen LogP contribution in [0.2, 0.25) is 0 Å². The van der Waals surface area contributed by atoms with Gasteiger partial charge in [-0.05, 0) is 29.7 Å². The quantitative estimate of drug-likeness (QED) is 0.537. The minimum Gasteiger partial charge on any atom is -0.319 e. The summed E-state index contributed by atoms with van der Waals surface area (Å²) in [6, 6.07) is 13.3. The fourth-order valence-electron chi connectivity index (χ4n) is 4.25. The molecule has 0 aliphatic heterocycles. The molecule has 1 unspecified atom stereocenters. The molecule has 1 atom stereocenters. The van der Waals surface area contributed by atoms with Crippen LogP contribution in [0.25, 0.3) is 25.7 Å². The Morgan fingerprint density at radius 2 is 1.64 bits per heavy atom. The molecular formula is C23H21NS. The normalized spacial score (nSPS) is 24.0. The smallest absolute Gasteiger partial charge is 0.0502 e. The van der Waals surface area contributed by atoms with Crippen LogP contribution in [0.1, 0.15) is 31.9 Å². The van der Waals surface area contributed by atoms with Crippen LogP contribution in [0.3, 0.4) is 0 Å². The van der Waals surface area contributed by atoms with Crippen molar-refractivity contribution in [2.75, 3.05) is 0 Å². The third-order valence-corrected chi connectivity index (χ3v) is 6.88. The molecule has 3 aromatic rings. The molecule has 1 aromatic heterocycles. The summed E-state index contributed by atoms with van der Waals surface area (Å²) >= 11 is 1.91. The van der Waals surface area contributed by atoms with Gasteiger partial charge in [-0.15, -0.1) is 11.3 Å². The monoisotopic (exact) mass is 343 g/mol. The highest BCUT2D eigenvalue weighted by Gasteiger charge is 2.38. The zero-order valence-electron chi connectivity index (χ0n) is 14.8. The number of allylic oxidation sites excluding steroid dienone is 4. The number of hydrogen-bond donors (Lipinski definition) is 1. The lowest BCUT2D eigenvalue weighted by atomic mass is 9.80. The van der Waals surface area contributed by atoms with E-state index in [1.165, 1.54) is 42.4 Å². The third kappa shape index (κ3) is 1.98. The summed E-state index contributed by atoms with van der Waals surface area (Å²) in [5.74, 6) is 0. The first-order valence-electron chi connectivity index (χ1n) is 8.76. The van der Waals surface area contributed by atoms with E-state index in [1.54, 1.807) is 0 Å². The minimum atomic E-state index is -0.394. The Morgan fingerprint density at radius 3 is 2.48 bits per heavy atom. The van der Waals surface area contributed by atoms with E-state index in [2.05, 4.69) is 81.5 Å². The molecule has 2 aromatic carbocycles. The molecule has 0 bridgehead atoms. The molecule has 0 fully saturated rings. The molecule has 124 valence electrons. The van der Waals surface area contributed by atoms with E-state index < -0.39 is 5.54 Å². The summed E-state index contributed by atoms with van der Waals surface area (Å²) in [4.78, 5) is 0. The van der Waals surface area contributed by atoms with Gasteiger partial charge in [-0.3, -0.25) is 0 Å². The average molecular weight is 343 g/mol. The molecule has 0 radical (unpaired) electrons. The first kappa shape index (κ1) is 15.1. The lowest BCUT2D eigenvalue weighted by molar-refractivity contribution is 0.652. The van der Waals surface area contributed by atoms with Crippen molar-refractivity contribution < 1.29 is 0 Å². The second-order valence-corrected chi connectivity index (χ2v) is 9.00. The fraction of sp³-hybridized carbons (Fsp3) is 0.217. The number of hydrogen-bond acceptors (Lipinski definition) is 2. The van der Waals surface area contributed by atoms with Crippen LogP contribution in [-0.4, -0.2) is 5.54 Å². The number of nitrogens with two attached hydrogens (primary N) is 1. The van der Waals surface area contributed by atoms with Gasteiger partial charge >= 0.3 is 0 Å². The van der Waals surface area contributed by atoms with Crippen molar-refractivity contribution in [3.05, 3.63) is 77.4 Å². The van der Waals surface area contributed by atoms with Crippen LogP contribution >= 0.6 is 11.3 Å². The molecule has 0 saturated carbocycles. The summed E-state index contributed by atoms with van der Waals surface area (Å²) in [6.45, 7) is 6.70. The Hall–Kier alpha value is -2.16. The fourth-order valence-corrected chi connectivity index (χ4v) is 5.51. The SMILES string of the molecule is CC1(N)C=CC2=C(C=C1)C(C)(C)c1ccc3c(sc4ccccc43)c12. The Morgan fingerprint density at radius 1 is 0.880 bits per heavy atom. The number of thiophene rings is 1. The van der Waals surface area contributed by atoms with Gasteiger partial charge in [0.05, 0.1) is 5.54 Å². The summed E-state index contributed by atoms with van der Waals surface area (Å²) < 4.78 is 2.75. The van der Waals surface area contributed by atoms with Crippen LogP contribution in [0.4, 0.5) is 0 Å². The Bertz CT molecular complexity index is 1140. The van der Waals surface area contributed by atoms with E-state index in [0.717, 1.165) is 0 Å². The van der Waals surface area contributed by atoms with Gasteiger partial charge in [-0.25, -0.2) is 0 Å². The zero-order valence-corrected chi connectivity index (χ0v) is 15.6. The zero-order chi connectivity index (χ0) is 17.4. The molecule has 1 nitrogen and oxygen atoms in total. The lowest BCUT2D eigenvalue weighted by Gasteiger charge is -2.23. The van der Waals surface area contributed by atoms with Crippen LogP contribution in [0.15, 0.2) is 66.3 Å². The second kappa shape index (κ2) is 4.72. The number of rotatable bonds is 0. The van der Waals surface area contributed by atoms with Gasteiger partial charge in [-0.1, -0.05) is 68.5 Å². The van der Waals surface area contributed by atoms with Crippen molar-refractivity contribution in [2.45, 2.75) is 31.7 Å². The molecule has 1 heterocycles. The first-order chi connectivity index (χ1) is 11.9. The van der Waals surface area contributed by atoms with E-state index >= 15 is 0 Å². The van der Waals surface area contributed by atoms with Crippen LogP contribution in [-0.2, 0) is 5.41 Å². The summed E-state index contributed by atoms with van der Waals surface area (Å²) in [6.07, 6.45) is 8.74. The highest BCUT2D eigenvalue weighted by molar-refractivity contribution is 7.26. The van der Waals surface area contributed by atoms with Gasteiger partial charge < -0.3 is 5.73 Å². The molecule has 0 spiro atoms. The van der Waals surface area contributed by atoms with E-state index in [9.17, 15) is 0 Å². The maximum absolute atomic E-state index is 6.37. The summed E-state index contributed by atoms with van der Waals surface area (Å²) in [7, 11) is 0. The molecule has 2 heteroatoms. The molecule has 2 aliphatic rings. The van der Waals surface area contributed by atoms with Crippen LogP contribution < -0.4 is 5.73 Å². The number of benzene rings is 2. The molecule has 2 N–H and O–H groups in total. The highest BCUT2D eigenvalue weighted by Crippen LogP contribution is 2.52. The van der Waals surface area contributed by atoms with Crippen LogP contribution in [0.5, 0.6) is 0 Å². The Labute approximate surface area is 152 Å². The van der Waals surface area contributed by atoms with Crippen molar-refractivity contribution in [3.63, 3.8) is 0 Å². The maximum Gasteiger partial charge on any atom is 0.0502 e. The minimum absolute atomic E-state index is 0.00368. The van der Waals surface area contributed by atoms with Gasteiger partial charge in [-0.2, -0.15) is 0 Å². The first-order valence-corrected chi connectivity index (χ1v) is 9.57. The molecule has 0 amide bonds. The highest BCUT2D eigenvalue weighted by atomic mass is 32.1. The van der Waals surface area contributed by atoms with Gasteiger partial charge in [0.15, 0.2) is 0 Å². The summed E-state index contributed by atoms with van der Waals surface area (Å²) in [5, 5.41) is 2.72. The second-order valence-electron chi connectivity index (χ2n) is 7.95. The van der Waals surface area contributed by atoms with E-state index in [1.807, 2.05) is 11.3 Å². The topological polar surface area (TPSA) is 26.0 Å². The van der Waals surface area contributed by atoms with Crippen molar-refractivity contribution in [2.24, 2.45) is 5.73 Å². The summed E-state index contributed by atoms with van der Waals surface area (Å²) in [5.41, 5.74) is 11.5. The van der Waals surface area contributed by atoms with Gasteiger partial charge in [0.1, 0.15) is 0 Å². The van der Waals surface area contributed by atoms with Crippen LogP contribution in [0, 0.1) is 0 Å². The van der Waals surface area contributed by atoms with Gasteiger partial charge in [0.2, 0.25) is 0 Å². The predicted octanol–water partition coefficient (Wildman–Crippen LogP) is 5.94. The third-order valence-electron chi connectivity index (χ3n) is 5.67. The largest absolute Gasteiger partial charge is 0.319 e. The van der Waals surface area contributed by atoms with Crippen molar-refractivity contribution in [3.8, 4) is 0 Å². The Balaban J connectivity index is 1.91. The maximum atomic E-state index is 6.37. The predicted molar refractivity (Wildman–Crippen MR) is 110 cm³/mol. The molecule has 25 heavy (non-hydrogen) atoms. The molecular weight excluding hydrogens is 322 g/mol. The van der Waals surface area contributed by atoms with Crippen molar-refractivity contribution in [1.82, 2.24) is 0 Å². The van der Waals surface area contributed by atoms with Crippen molar-refractivity contribution in [1.29, 1.82) is 0 Å². The van der Waals surface area contributed by atoms with Gasteiger partial charge in [0, 0.05) is 31.2 Å². The van der Waals surface area contributed by atoms with E-state index in [-0.39, 0.29) is 5.41 Å².